The van der Waals surface area contributed by atoms with Gasteiger partial charge in [0.2, 0.25) is 0 Å². The summed E-state index contributed by atoms with van der Waals surface area (Å²) >= 11 is 0. The van der Waals surface area contributed by atoms with Crippen LogP contribution in [0.15, 0.2) is 0 Å². The Bertz CT molecular complexity index is 157. The van der Waals surface area contributed by atoms with Gasteiger partial charge in [-0.15, -0.1) is 0 Å². The Labute approximate surface area is 70.7 Å². The first-order valence-corrected chi connectivity index (χ1v) is 3.80. The number of amides is 1. The van der Waals surface area contributed by atoms with E-state index in [0.29, 0.717) is 0 Å². The second-order valence-corrected chi connectivity index (χ2v) is 2.26. The molecule has 0 aromatic rings. The van der Waals surface area contributed by atoms with Gasteiger partial charge in [-0.25, -0.2) is 4.79 Å². The molecule has 0 heterocycles. The van der Waals surface area contributed by atoms with Gasteiger partial charge in [-0.2, -0.15) is 5.48 Å². The number of hydrogen-bond acceptors (Lipinski definition) is 4. The fourth-order valence-electron chi connectivity index (χ4n) is 0.518. The number of unbranched alkanes of at least 4 members (excludes halogenated alkanes) is 1. The molecule has 5 nitrogen and oxygen atoms in total. The van der Waals surface area contributed by atoms with E-state index in [1.165, 1.54) is 0 Å². The second kappa shape index (κ2) is 6.60. The Hall–Kier alpha value is -1.10. The van der Waals surface area contributed by atoms with Crippen LogP contribution in [-0.2, 0) is 14.4 Å². The number of nitrogens with one attached hydrogen (secondary N) is 1. The summed E-state index contributed by atoms with van der Waals surface area (Å²) in [6.45, 7) is 1.26. The number of aliphatic hydroxyl groups excluding tert-OH is 1. The largest absolute Gasteiger partial charge is 0.386 e. The van der Waals surface area contributed by atoms with E-state index in [9.17, 15) is 9.59 Å². The van der Waals surface area contributed by atoms with E-state index in [-0.39, 0.29) is 6.42 Å². The monoisotopic (exact) mass is 175 g/mol. The van der Waals surface area contributed by atoms with Gasteiger partial charge in [0.15, 0.2) is 0 Å². The van der Waals surface area contributed by atoms with Gasteiger partial charge in [-0.05, 0) is 6.42 Å². The van der Waals surface area contributed by atoms with Gasteiger partial charge in [0.25, 0.3) is 5.91 Å². The van der Waals surface area contributed by atoms with Crippen LogP contribution in [0.4, 0.5) is 0 Å². The van der Waals surface area contributed by atoms with Crippen LogP contribution in [0.25, 0.3) is 0 Å². The minimum absolute atomic E-state index is 0.280. The van der Waals surface area contributed by atoms with Crippen molar-refractivity contribution in [1.29, 1.82) is 0 Å². The molecule has 0 fully saturated rings. The van der Waals surface area contributed by atoms with Crippen molar-refractivity contribution in [1.82, 2.24) is 5.48 Å². The summed E-state index contributed by atoms with van der Waals surface area (Å²) in [4.78, 5) is 25.4. The van der Waals surface area contributed by atoms with E-state index in [0.717, 1.165) is 12.8 Å². The van der Waals surface area contributed by atoms with Crippen molar-refractivity contribution in [2.75, 3.05) is 6.61 Å². The molecule has 5 heteroatoms. The third-order valence-corrected chi connectivity index (χ3v) is 1.16. The molecule has 0 aliphatic heterocycles. The summed E-state index contributed by atoms with van der Waals surface area (Å²) in [5.41, 5.74) is 1.80. The van der Waals surface area contributed by atoms with E-state index in [1.54, 1.807) is 5.48 Å². The van der Waals surface area contributed by atoms with Crippen molar-refractivity contribution >= 4 is 11.9 Å². The Morgan fingerprint density at radius 3 is 2.67 bits per heavy atom. The van der Waals surface area contributed by atoms with Gasteiger partial charge in [-0.1, -0.05) is 13.3 Å². The van der Waals surface area contributed by atoms with Crippen molar-refractivity contribution in [2.24, 2.45) is 0 Å². The predicted molar refractivity (Wildman–Crippen MR) is 40.8 cm³/mol. The molecule has 0 aliphatic rings. The quantitative estimate of drug-likeness (QED) is 0.577. The minimum atomic E-state index is -0.722. The molecule has 70 valence electrons. The highest BCUT2D eigenvalue weighted by atomic mass is 16.7. The molecule has 0 saturated carbocycles. The molecule has 12 heavy (non-hydrogen) atoms. The zero-order valence-corrected chi connectivity index (χ0v) is 7.00. The molecule has 0 aromatic carbocycles. The van der Waals surface area contributed by atoms with Gasteiger partial charge in [-0.3, -0.25) is 4.79 Å². The van der Waals surface area contributed by atoms with E-state index in [2.05, 4.69) is 4.84 Å². The molecule has 0 saturated heterocycles. The smallest absolute Gasteiger partial charge is 0.332 e. The fourth-order valence-corrected chi connectivity index (χ4v) is 0.518. The summed E-state index contributed by atoms with van der Waals surface area (Å²) in [5, 5.41) is 8.22. The SMILES string of the molecule is CCCCC(=O)ONC(=O)CO. The maximum absolute atomic E-state index is 10.7. The molecule has 0 atom stereocenters. The van der Waals surface area contributed by atoms with Crippen molar-refractivity contribution in [3.63, 3.8) is 0 Å². The van der Waals surface area contributed by atoms with Crippen molar-refractivity contribution < 1.29 is 19.5 Å². The third kappa shape index (κ3) is 5.67. The first kappa shape index (κ1) is 10.9. The molecule has 0 rings (SSSR count). The van der Waals surface area contributed by atoms with Gasteiger partial charge in [0.05, 0.1) is 0 Å². The lowest BCUT2D eigenvalue weighted by molar-refractivity contribution is -0.159. The van der Waals surface area contributed by atoms with Crippen molar-refractivity contribution in [2.45, 2.75) is 26.2 Å². The average Bonchev–Trinajstić information content (AvgIpc) is 2.10. The number of hydrogen-bond donors (Lipinski definition) is 2. The van der Waals surface area contributed by atoms with E-state index >= 15 is 0 Å². The highest BCUT2D eigenvalue weighted by Gasteiger charge is 2.04. The molecule has 0 spiro atoms. The van der Waals surface area contributed by atoms with Crippen LogP contribution < -0.4 is 5.48 Å². The topological polar surface area (TPSA) is 75.6 Å². The molecule has 0 unspecified atom stereocenters. The normalized spacial score (nSPS) is 9.17. The summed E-state index contributed by atoms with van der Waals surface area (Å²) in [7, 11) is 0. The molecule has 0 bridgehead atoms. The van der Waals surface area contributed by atoms with Crippen molar-refractivity contribution in [3.05, 3.63) is 0 Å². The van der Waals surface area contributed by atoms with Crippen LogP contribution in [0.3, 0.4) is 0 Å². The standard InChI is InChI=1S/C7H13NO4/c1-2-3-4-7(11)12-8-6(10)5-9/h9H,2-5H2,1H3,(H,8,10). The number of hydroxylamine groups is 1. The summed E-state index contributed by atoms with van der Waals surface area (Å²) in [5.74, 6) is -1.21. The molecule has 0 aromatic heterocycles. The van der Waals surface area contributed by atoms with Crippen LogP contribution in [0, 0.1) is 0 Å². The van der Waals surface area contributed by atoms with Crippen LogP contribution in [0.2, 0.25) is 0 Å². The number of carbonyl (C=O) groups excluding carboxylic acids is 2. The predicted octanol–water partition coefficient (Wildman–Crippen LogP) is -0.257. The van der Waals surface area contributed by atoms with Crippen LogP contribution in [-0.4, -0.2) is 23.6 Å². The lowest BCUT2D eigenvalue weighted by atomic mass is 10.3. The van der Waals surface area contributed by atoms with Gasteiger partial charge in [0, 0.05) is 6.42 Å². The molecule has 1 amide bonds. The summed E-state index contributed by atoms with van der Waals surface area (Å²) in [6.07, 6.45) is 1.90. The highest BCUT2D eigenvalue weighted by molar-refractivity contribution is 5.78. The van der Waals surface area contributed by atoms with Gasteiger partial charge in [0.1, 0.15) is 6.61 Å². The van der Waals surface area contributed by atoms with Crippen molar-refractivity contribution in [3.8, 4) is 0 Å². The van der Waals surface area contributed by atoms with E-state index in [4.69, 9.17) is 5.11 Å². The number of rotatable bonds is 4. The first-order chi connectivity index (χ1) is 5.70. The lowest BCUT2D eigenvalue weighted by Gasteiger charge is -2.02. The molecule has 2 N–H and O–H groups in total. The van der Waals surface area contributed by atoms with Crippen LogP contribution in [0.5, 0.6) is 0 Å². The molecule has 0 radical (unpaired) electrons. The molecular weight excluding hydrogens is 162 g/mol. The van der Waals surface area contributed by atoms with E-state index < -0.39 is 18.5 Å². The first-order valence-electron chi connectivity index (χ1n) is 3.80. The Balaban J connectivity index is 3.37. The molecular formula is C7H13NO4. The Morgan fingerprint density at radius 2 is 2.17 bits per heavy atom. The zero-order valence-electron chi connectivity index (χ0n) is 7.00. The maximum Gasteiger partial charge on any atom is 0.332 e. The van der Waals surface area contributed by atoms with Crippen LogP contribution in [0.1, 0.15) is 26.2 Å². The number of carbonyl (C=O) groups is 2. The van der Waals surface area contributed by atoms with Gasteiger partial charge < -0.3 is 9.94 Å². The second-order valence-electron chi connectivity index (χ2n) is 2.26. The summed E-state index contributed by atoms with van der Waals surface area (Å²) < 4.78 is 0. The summed E-state index contributed by atoms with van der Waals surface area (Å²) in [6, 6.07) is 0. The minimum Gasteiger partial charge on any atom is -0.386 e. The number of aliphatic hydroxyl groups is 1. The zero-order chi connectivity index (χ0) is 9.40. The van der Waals surface area contributed by atoms with E-state index in [1.807, 2.05) is 6.92 Å². The maximum atomic E-state index is 10.7. The fraction of sp³-hybridized carbons (Fsp3) is 0.714. The molecule has 0 aliphatic carbocycles. The Kier molecular flexibility index (Phi) is 6.00. The highest BCUT2D eigenvalue weighted by Crippen LogP contribution is 1.94. The Morgan fingerprint density at radius 1 is 1.50 bits per heavy atom. The van der Waals surface area contributed by atoms with Crippen LogP contribution >= 0.6 is 0 Å². The third-order valence-electron chi connectivity index (χ3n) is 1.16. The van der Waals surface area contributed by atoms with Gasteiger partial charge >= 0.3 is 5.97 Å². The average molecular weight is 175 g/mol. The lowest BCUT2D eigenvalue weighted by Crippen LogP contribution is -2.29.